The van der Waals surface area contributed by atoms with Gasteiger partial charge in [0.2, 0.25) is 0 Å². The van der Waals surface area contributed by atoms with E-state index in [1.165, 1.54) is 12.2 Å². The summed E-state index contributed by atoms with van der Waals surface area (Å²) in [6.45, 7) is 5.63. The van der Waals surface area contributed by atoms with E-state index in [-0.39, 0.29) is 5.83 Å². The molecule has 0 saturated carbocycles. The highest BCUT2D eigenvalue weighted by Crippen LogP contribution is 2.39. The minimum atomic E-state index is -0.781. The number of fused-ring (bicyclic) bond motifs is 3. The van der Waals surface area contributed by atoms with E-state index < -0.39 is 17.7 Å². The van der Waals surface area contributed by atoms with E-state index in [0.717, 1.165) is 0 Å². The first-order chi connectivity index (χ1) is 8.42. The number of aliphatic hydroxyl groups is 1. The van der Waals surface area contributed by atoms with Gasteiger partial charge in [-0.3, -0.25) is 0 Å². The van der Waals surface area contributed by atoms with E-state index in [2.05, 4.69) is 15.5 Å². The van der Waals surface area contributed by atoms with Crippen LogP contribution in [0.4, 0.5) is 4.39 Å². The molecule has 0 aromatic carbocycles. The van der Waals surface area contributed by atoms with Gasteiger partial charge in [0, 0.05) is 0 Å². The first-order valence-electron chi connectivity index (χ1n) is 5.88. The molecule has 0 fully saturated rings. The summed E-state index contributed by atoms with van der Waals surface area (Å²) in [4.78, 5) is 0. The number of aryl methyl sites for hydroxylation is 1. The van der Waals surface area contributed by atoms with Crippen LogP contribution in [0, 0.1) is 6.92 Å². The number of halogens is 1. The van der Waals surface area contributed by atoms with Gasteiger partial charge in [0.1, 0.15) is 17.7 Å². The van der Waals surface area contributed by atoms with Gasteiger partial charge in [0.05, 0.1) is 17.3 Å². The summed E-state index contributed by atoms with van der Waals surface area (Å²) in [6.07, 6.45) is 1.97. The van der Waals surface area contributed by atoms with Crippen molar-refractivity contribution in [1.82, 2.24) is 20.1 Å². The first kappa shape index (κ1) is 11.4. The number of allylic oxidation sites excluding steroid dienone is 2. The van der Waals surface area contributed by atoms with E-state index in [4.69, 9.17) is 0 Å². The first-order valence-corrected chi connectivity index (χ1v) is 5.88. The number of rotatable bonds is 0. The summed E-state index contributed by atoms with van der Waals surface area (Å²) in [5.41, 5.74) is -0.125. The summed E-state index contributed by atoms with van der Waals surface area (Å²) in [5, 5.41) is 21.4. The lowest BCUT2D eigenvalue weighted by molar-refractivity contribution is 0.140. The standard InChI is InChI=1S/C12H15FN4O/c1-6-15-16-11-12(2,3)14-9-7(13)4-5-8(18)10(9)17(6)11/h4-5,8,10,14,18H,1-3H3. The minimum absolute atomic E-state index is 0.350. The summed E-state index contributed by atoms with van der Waals surface area (Å²) in [7, 11) is 0. The Labute approximate surface area is 104 Å². The summed E-state index contributed by atoms with van der Waals surface area (Å²) < 4.78 is 15.7. The third kappa shape index (κ3) is 1.35. The zero-order valence-electron chi connectivity index (χ0n) is 10.5. The van der Waals surface area contributed by atoms with Crippen molar-refractivity contribution < 1.29 is 9.50 Å². The topological polar surface area (TPSA) is 63.0 Å². The SMILES string of the molecule is Cc1nnc2n1C1C(=C(F)C=CC1O)NC2(C)C. The van der Waals surface area contributed by atoms with E-state index in [1.807, 2.05) is 13.8 Å². The van der Waals surface area contributed by atoms with Crippen LogP contribution >= 0.6 is 0 Å². The minimum Gasteiger partial charge on any atom is -0.386 e. The molecule has 0 radical (unpaired) electrons. The highest BCUT2D eigenvalue weighted by Gasteiger charge is 2.43. The molecular formula is C12H15FN4O. The third-order valence-corrected chi connectivity index (χ3v) is 3.47. The van der Waals surface area contributed by atoms with E-state index in [1.54, 1.807) is 11.5 Å². The number of aromatic nitrogens is 3. The monoisotopic (exact) mass is 250 g/mol. The predicted octanol–water partition coefficient (Wildman–Crippen LogP) is 1.08. The fourth-order valence-corrected chi connectivity index (χ4v) is 2.63. The Morgan fingerprint density at radius 1 is 1.44 bits per heavy atom. The molecule has 18 heavy (non-hydrogen) atoms. The Morgan fingerprint density at radius 2 is 2.17 bits per heavy atom. The quantitative estimate of drug-likeness (QED) is 0.723. The Bertz CT molecular complexity index is 573. The average Bonchev–Trinajstić information content (AvgIpc) is 2.67. The van der Waals surface area contributed by atoms with Crippen LogP contribution in [-0.4, -0.2) is 26.0 Å². The van der Waals surface area contributed by atoms with Crippen LogP contribution in [0.5, 0.6) is 0 Å². The highest BCUT2D eigenvalue weighted by atomic mass is 19.1. The number of nitrogens with zero attached hydrogens (tertiary/aromatic N) is 3. The Morgan fingerprint density at radius 3 is 2.89 bits per heavy atom. The van der Waals surface area contributed by atoms with Crippen molar-refractivity contribution in [3.63, 3.8) is 0 Å². The van der Waals surface area contributed by atoms with Gasteiger partial charge in [-0.1, -0.05) is 6.08 Å². The van der Waals surface area contributed by atoms with Crippen molar-refractivity contribution in [2.24, 2.45) is 0 Å². The molecule has 0 amide bonds. The zero-order chi connectivity index (χ0) is 13.1. The molecule has 1 aromatic heterocycles. The molecule has 5 nitrogen and oxygen atoms in total. The van der Waals surface area contributed by atoms with E-state index in [9.17, 15) is 9.50 Å². The molecule has 0 spiro atoms. The lowest BCUT2D eigenvalue weighted by Crippen LogP contribution is -2.50. The molecular weight excluding hydrogens is 235 g/mol. The van der Waals surface area contributed by atoms with Crippen molar-refractivity contribution in [2.75, 3.05) is 0 Å². The van der Waals surface area contributed by atoms with Gasteiger partial charge in [-0.05, 0) is 26.8 Å². The fraction of sp³-hybridized carbons (Fsp3) is 0.500. The highest BCUT2D eigenvalue weighted by molar-refractivity contribution is 5.35. The molecule has 2 heterocycles. The molecule has 0 bridgehead atoms. The van der Waals surface area contributed by atoms with Crippen molar-refractivity contribution in [3.8, 4) is 0 Å². The molecule has 1 aromatic rings. The van der Waals surface area contributed by atoms with Gasteiger partial charge < -0.3 is 15.0 Å². The number of hydrogen-bond acceptors (Lipinski definition) is 4. The third-order valence-electron chi connectivity index (χ3n) is 3.47. The van der Waals surface area contributed by atoms with Crippen molar-refractivity contribution in [2.45, 2.75) is 38.5 Å². The molecule has 0 saturated heterocycles. The van der Waals surface area contributed by atoms with Crippen LogP contribution in [0.1, 0.15) is 31.5 Å². The number of nitrogens with one attached hydrogen (secondary N) is 1. The lowest BCUT2D eigenvalue weighted by Gasteiger charge is -2.41. The van der Waals surface area contributed by atoms with Crippen LogP contribution in [0.25, 0.3) is 0 Å². The molecule has 2 aliphatic rings. The average molecular weight is 250 g/mol. The van der Waals surface area contributed by atoms with Gasteiger partial charge in [-0.2, -0.15) is 0 Å². The maximum absolute atomic E-state index is 13.9. The van der Waals surface area contributed by atoms with Crippen LogP contribution in [0.15, 0.2) is 23.7 Å². The largest absolute Gasteiger partial charge is 0.386 e. The van der Waals surface area contributed by atoms with Gasteiger partial charge in [0.25, 0.3) is 0 Å². The van der Waals surface area contributed by atoms with E-state index >= 15 is 0 Å². The smallest absolute Gasteiger partial charge is 0.158 e. The normalized spacial score (nSPS) is 28.7. The maximum Gasteiger partial charge on any atom is 0.158 e. The van der Waals surface area contributed by atoms with Crippen molar-refractivity contribution in [3.05, 3.63) is 35.3 Å². The maximum atomic E-state index is 13.9. The lowest BCUT2D eigenvalue weighted by atomic mass is 9.92. The second-order valence-electron chi connectivity index (χ2n) is 5.25. The molecule has 3 rings (SSSR count). The van der Waals surface area contributed by atoms with Gasteiger partial charge in [-0.15, -0.1) is 10.2 Å². The Kier molecular flexibility index (Phi) is 2.16. The Hall–Kier alpha value is -1.69. The summed E-state index contributed by atoms with van der Waals surface area (Å²) in [6, 6.07) is -0.506. The molecule has 2 atom stereocenters. The number of hydrogen-bond donors (Lipinski definition) is 2. The van der Waals surface area contributed by atoms with Crippen molar-refractivity contribution >= 4 is 0 Å². The molecule has 2 N–H and O–H groups in total. The van der Waals surface area contributed by atoms with Crippen LogP contribution in [0.2, 0.25) is 0 Å². The number of aliphatic hydroxyl groups excluding tert-OH is 1. The van der Waals surface area contributed by atoms with Gasteiger partial charge in [0.15, 0.2) is 5.82 Å². The second kappa shape index (κ2) is 3.41. The zero-order valence-corrected chi connectivity index (χ0v) is 10.5. The molecule has 6 heteroatoms. The predicted molar refractivity (Wildman–Crippen MR) is 63.2 cm³/mol. The van der Waals surface area contributed by atoms with E-state index in [0.29, 0.717) is 17.3 Å². The van der Waals surface area contributed by atoms with Crippen molar-refractivity contribution in [1.29, 1.82) is 0 Å². The van der Waals surface area contributed by atoms with Gasteiger partial charge >= 0.3 is 0 Å². The molecule has 96 valence electrons. The Balaban J connectivity index is 2.27. The fourth-order valence-electron chi connectivity index (χ4n) is 2.63. The van der Waals surface area contributed by atoms with Gasteiger partial charge in [-0.25, -0.2) is 4.39 Å². The second-order valence-corrected chi connectivity index (χ2v) is 5.25. The molecule has 1 aliphatic heterocycles. The van der Waals surface area contributed by atoms with Crippen LogP contribution < -0.4 is 5.32 Å². The van der Waals surface area contributed by atoms with Crippen LogP contribution in [-0.2, 0) is 5.54 Å². The summed E-state index contributed by atoms with van der Waals surface area (Å²) in [5.74, 6) is 1.03. The molecule has 1 aliphatic carbocycles. The molecule has 2 unspecified atom stereocenters. The van der Waals surface area contributed by atoms with Crippen LogP contribution in [0.3, 0.4) is 0 Å². The summed E-state index contributed by atoms with van der Waals surface area (Å²) >= 11 is 0.